The summed E-state index contributed by atoms with van der Waals surface area (Å²) >= 11 is 0. The van der Waals surface area contributed by atoms with Gasteiger partial charge in [-0.2, -0.15) is 5.10 Å². The van der Waals surface area contributed by atoms with E-state index in [0.29, 0.717) is 19.4 Å². The molecule has 0 atom stereocenters. The van der Waals surface area contributed by atoms with Crippen molar-refractivity contribution >= 4 is 17.5 Å². The van der Waals surface area contributed by atoms with Crippen molar-refractivity contribution in [3.05, 3.63) is 47.8 Å². The van der Waals surface area contributed by atoms with Crippen LogP contribution in [0.4, 0.5) is 5.69 Å². The molecule has 1 aliphatic rings. The van der Waals surface area contributed by atoms with E-state index in [1.807, 2.05) is 42.3 Å². The molecule has 0 aliphatic carbocycles. The number of hydrogen-bond acceptors (Lipinski definition) is 3. The van der Waals surface area contributed by atoms with Crippen molar-refractivity contribution in [2.45, 2.75) is 45.6 Å². The van der Waals surface area contributed by atoms with Gasteiger partial charge < -0.3 is 10.2 Å². The van der Waals surface area contributed by atoms with E-state index in [9.17, 15) is 9.59 Å². The van der Waals surface area contributed by atoms with Gasteiger partial charge in [0, 0.05) is 44.4 Å². The number of carbonyl (C=O) groups is 2. The number of likely N-dealkylation sites (tertiary alicyclic amines) is 1. The largest absolute Gasteiger partial charge is 0.343 e. The van der Waals surface area contributed by atoms with Crippen molar-refractivity contribution in [2.75, 3.05) is 18.4 Å². The zero-order chi connectivity index (χ0) is 18.4. The van der Waals surface area contributed by atoms with Gasteiger partial charge in [-0.25, -0.2) is 0 Å². The maximum atomic E-state index is 12.1. The van der Waals surface area contributed by atoms with Crippen molar-refractivity contribution in [3.63, 3.8) is 0 Å². The Labute approximate surface area is 154 Å². The Kier molecular flexibility index (Phi) is 6.04. The molecule has 3 rings (SSSR count). The number of nitrogens with zero attached hydrogens (tertiary/aromatic N) is 3. The second-order valence-corrected chi connectivity index (χ2v) is 6.86. The highest BCUT2D eigenvalue weighted by atomic mass is 16.2. The number of aryl methyl sites for hydroxylation is 3. The summed E-state index contributed by atoms with van der Waals surface area (Å²) in [5.74, 6) is 0.212. The predicted octanol–water partition coefficient (Wildman–Crippen LogP) is 2.78. The summed E-state index contributed by atoms with van der Waals surface area (Å²) in [7, 11) is 0. The molecular formula is C20H26N4O2. The van der Waals surface area contributed by atoms with Crippen LogP contribution in [0.2, 0.25) is 0 Å². The lowest BCUT2D eigenvalue weighted by Gasteiger charge is -2.15. The average Bonchev–Trinajstić information content (AvgIpc) is 3.31. The van der Waals surface area contributed by atoms with Gasteiger partial charge in [-0.1, -0.05) is 12.1 Å². The Morgan fingerprint density at radius 3 is 2.50 bits per heavy atom. The zero-order valence-electron chi connectivity index (χ0n) is 15.3. The molecule has 0 radical (unpaired) electrons. The third kappa shape index (κ3) is 5.18. The Balaban J connectivity index is 1.41. The van der Waals surface area contributed by atoms with Gasteiger partial charge in [0.05, 0.1) is 6.20 Å². The standard InChI is InChI=1S/C20H26N4O2/c1-16-14-21-24(15-16)13-10-19(25)22-18-7-4-17(5-8-18)6-9-20(26)23-11-2-3-12-23/h4-5,7-8,14-15H,2-3,6,9-13H2,1H3,(H,22,25). The van der Waals surface area contributed by atoms with Crippen LogP contribution in [0.3, 0.4) is 0 Å². The number of anilines is 1. The van der Waals surface area contributed by atoms with Crippen molar-refractivity contribution in [3.8, 4) is 0 Å². The summed E-state index contributed by atoms with van der Waals surface area (Å²) in [6, 6.07) is 7.74. The second kappa shape index (κ2) is 8.65. The number of benzene rings is 1. The first-order chi connectivity index (χ1) is 12.6. The summed E-state index contributed by atoms with van der Waals surface area (Å²) in [5, 5.41) is 7.08. The van der Waals surface area contributed by atoms with Crippen LogP contribution in [-0.4, -0.2) is 39.6 Å². The molecule has 1 aromatic carbocycles. The Morgan fingerprint density at radius 1 is 1.12 bits per heavy atom. The van der Waals surface area contributed by atoms with Crippen LogP contribution in [-0.2, 0) is 22.6 Å². The van der Waals surface area contributed by atoms with Crippen LogP contribution in [0, 0.1) is 6.92 Å². The van der Waals surface area contributed by atoms with E-state index < -0.39 is 0 Å². The van der Waals surface area contributed by atoms with E-state index >= 15 is 0 Å². The van der Waals surface area contributed by atoms with Crippen LogP contribution in [0.5, 0.6) is 0 Å². The Morgan fingerprint density at radius 2 is 1.85 bits per heavy atom. The van der Waals surface area contributed by atoms with Crippen molar-refractivity contribution in [2.24, 2.45) is 0 Å². The molecule has 1 saturated heterocycles. The first-order valence-corrected chi connectivity index (χ1v) is 9.26. The minimum absolute atomic E-state index is 0.0323. The van der Waals surface area contributed by atoms with Gasteiger partial charge in [0.25, 0.3) is 0 Å². The molecule has 0 spiro atoms. The van der Waals surface area contributed by atoms with Gasteiger partial charge in [0.1, 0.15) is 0 Å². The molecule has 2 amide bonds. The highest BCUT2D eigenvalue weighted by Gasteiger charge is 2.17. The first kappa shape index (κ1) is 18.2. The molecule has 1 N–H and O–H groups in total. The molecule has 0 bridgehead atoms. The van der Waals surface area contributed by atoms with Gasteiger partial charge in [0.2, 0.25) is 11.8 Å². The maximum absolute atomic E-state index is 12.1. The molecule has 0 saturated carbocycles. The summed E-state index contributed by atoms with van der Waals surface area (Å²) in [5.41, 5.74) is 2.98. The fourth-order valence-electron chi connectivity index (χ4n) is 3.16. The summed E-state index contributed by atoms with van der Waals surface area (Å²) in [4.78, 5) is 26.1. The van der Waals surface area contributed by atoms with Crippen molar-refractivity contribution in [1.29, 1.82) is 0 Å². The van der Waals surface area contributed by atoms with Gasteiger partial charge in [-0.15, -0.1) is 0 Å². The van der Waals surface area contributed by atoms with Gasteiger partial charge in [0.15, 0.2) is 0 Å². The average molecular weight is 354 g/mol. The minimum atomic E-state index is -0.0323. The normalized spacial score (nSPS) is 13.8. The number of hydrogen-bond donors (Lipinski definition) is 1. The highest BCUT2D eigenvalue weighted by molar-refractivity contribution is 5.90. The van der Waals surface area contributed by atoms with E-state index in [2.05, 4.69) is 10.4 Å². The fourth-order valence-corrected chi connectivity index (χ4v) is 3.16. The molecule has 1 aromatic heterocycles. The molecule has 6 heteroatoms. The van der Waals surface area contributed by atoms with Crippen LogP contribution >= 0.6 is 0 Å². The summed E-state index contributed by atoms with van der Waals surface area (Å²) < 4.78 is 1.77. The van der Waals surface area contributed by atoms with E-state index in [-0.39, 0.29) is 11.8 Å². The molecule has 1 fully saturated rings. The molecule has 26 heavy (non-hydrogen) atoms. The maximum Gasteiger partial charge on any atom is 0.226 e. The second-order valence-electron chi connectivity index (χ2n) is 6.86. The predicted molar refractivity (Wildman–Crippen MR) is 101 cm³/mol. The number of carbonyl (C=O) groups excluding carboxylic acids is 2. The lowest BCUT2D eigenvalue weighted by Crippen LogP contribution is -2.27. The Hall–Kier alpha value is -2.63. The number of nitrogens with one attached hydrogen (secondary N) is 1. The number of amides is 2. The lowest BCUT2D eigenvalue weighted by atomic mass is 10.1. The van der Waals surface area contributed by atoms with Crippen LogP contribution in [0.25, 0.3) is 0 Å². The molecular weight excluding hydrogens is 328 g/mol. The third-order valence-electron chi connectivity index (χ3n) is 4.65. The topological polar surface area (TPSA) is 67.2 Å². The molecule has 1 aliphatic heterocycles. The highest BCUT2D eigenvalue weighted by Crippen LogP contribution is 2.14. The van der Waals surface area contributed by atoms with E-state index in [1.165, 1.54) is 0 Å². The monoisotopic (exact) mass is 354 g/mol. The van der Waals surface area contributed by atoms with Gasteiger partial charge >= 0.3 is 0 Å². The number of aromatic nitrogens is 2. The fraction of sp³-hybridized carbons (Fsp3) is 0.450. The van der Waals surface area contributed by atoms with Crippen LogP contribution in [0.15, 0.2) is 36.7 Å². The smallest absolute Gasteiger partial charge is 0.226 e. The minimum Gasteiger partial charge on any atom is -0.343 e. The van der Waals surface area contributed by atoms with Gasteiger partial charge in [-0.05, 0) is 49.4 Å². The van der Waals surface area contributed by atoms with Crippen molar-refractivity contribution < 1.29 is 9.59 Å². The van der Waals surface area contributed by atoms with E-state index in [1.54, 1.807) is 10.9 Å². The third-order valence-corrected chi connectivity index (χ3v) is 4.65. The summed E-state index contributed by atoms with van der Waals surface area (Å²) in [6.45, 7) is 4.35. The van der Waals surface area contributed by atoms with Gasteiger partial charge in [-0.3, -0.25) is 14.3 Å². The quantitative estimate of drug-likeness (QED) is 0.831. The molecule has 6 nitrogen and oxygen atoms in total. The molecule has 2 aromatic rings. The van der Waals surface area contributed by atoms with Crippen LogP contribution in [0.1, 0.15) is 36.8 Å². The zero-order valence-corrected chi connectivity index (χ0v) is 15.3. The molecule has 0 unspecified atom stereocenters. The Bertz CT molecular complexity index is 745. The van der Waals surface area contributed by atoms with E-state index in [4.69, 9.17) is 0 Å². The SMILES string of the molecule is Cc1cnn(CCC(=O)Nc2ccc(CCC(=O)N3CCCC3)cc2)c1. The number of rotatable bonds is 7. The first-order valence-electron chi connectivity index (χ1n) is 9.26. The molecule has 138 valence electrons. The van der Waals surface area contributed by atoms with Crippen LogP contribution < -0.4 is 5.32 Å². The van der Waals surface area contributed by atoms with E-state index in [0.717, 1.165) is 49.2 Å². The lowest BCUT2D eigenvalue weighted by molar-refractivity contribution is -0.130. The molecule has 2 heterocycles. The van der Waals surface area contributed by atoms with Crippen molar-refractivity contribution in [1.82, 2.24) is 14.7 Å². The summed E-state index contributed by atoms with van der Waals surface area (Å²) in [6.07, 6.45) is 7.63.